The maximum absolute atomic E-state index is 12.5. The molecule has 1 aliphatic heterocycles. The van der Waals surface area contributed by atoms with E-state index in [1.54, 1.807) is 0 Å². The molecule has 1 fully saturated rings. The van der Waals surface area contributed by atoms with Gasteiger partial charge in [0.15, 0.2) is 5.16 Å². The predicted octanol–water partition coefficient (Wildman–Crippen LogP) is 3.06. The third-order valence-electron chi connectivity index (χ3n) is 3.65. The lowest BCUT2D eigenvalue weighted by Gasteiger charge is -2.04. The molecular weight excluding hydrogens is 332 g/mol. The highest BCUT2D eigenvalue weighted by Crippen LogP contribution is 2.33. The molecule has 0 radical (unpaired) electrons. The fourth-order valence-corrected chi connectivity index (χ4v) is 4.48. The molecule has 0 bridgehead atoms. The molecule has 0 amide bonds. The minimum atomic E-state index is -0.288. The summed E-state index contributed by atoms with van der Waals surface area (Å²) in [4.78, 5) is 32.0. The molecule has 23 heavy (non-hydrogen) atoms. The van der Waals surface area contributed by atoms with Gasteiger partial charge in [0.2, 0.25) is 0 Å². The quantitative estimate of drug-likeness (QED) is 0.584. The first-order valence-corrected chi connectivity index (χ1v) is 8.88. The number of esters is 1. The summed E-state index contributed by atoms with van der Waals surface area (Å²) in [5.74, 6) is -0.242. The maximum Gasteiger partial charge on any atom is 0.319 e. The molecule has 1 saturated heterocycles. The molecule has 1 atom stereocenters. The second kappa shape index (κ2) is 5.82. The molecule has 2 aromatic heterocycles. The van der Waals surface area contributed by atoms with Gasteiger partial charge in [-0.3, -0.25) is 9.59 Å². The molecule has 3 aromatic rings. The molecule has 5 nitrogen and oxygen atoms in total. The van der Waals surface area contributed by atoms with Crippen molar-refractivity contribution in [3.63, 3.8) is 0 Å². The van der Waals surface area contributed by atoms with Crippen molar-refractivity contribution in [3.05, 3.63) is 46.1 Å². The highest BCUT2D eigenvalue weighted by Gasteiger charge is 2.28. The van der Waals surface area contributed by atoms with Gasteiger partial charge in [-0.25, -0.2) is 4.98 Å². The van der Waals surface area contributed by atoms with Gasteiger partial charge in [0.1, 0.15) is 10.1 Å². The van der Waals surface area contributed by atoms with E-state index in [1.807, 2.05) is 35.7 Å². The highest BCUT2D eigenvalue weighted by molar-refractivity contribution is 8.00. The van der Waals surface area contributed by atoms with Crippen LogP contribution in [0.2, 0.25) is 0 Å². The Balaban J connectivity index is 1.75. The third-order valence-corrected chi connectivity index (χ3v) is 5.65. The molecule has 1 aromatic carbocycles. The predicted molar refractivity (Wildman–Crippen MR) is 90.9 cm³/mol. The van der Waals surface area contributed by atoms with Gasteiger partial charge in [-0.1, -0.05) is 42.1 Å². The summed E-state index contributed by atoms with van der Waals surface area (Å²) in [6.07, 6.45) is 0.644. The molecule has 1 aliphatic rings. The number of hydrogen-bond acceptors (Lipinski definition) is 6. The molecule has 4 rings (SSSR count). The molecule has 0 saturated carbocycles. The molecular formula is C16H12N2O3S2. The van der Waals surface area contributed by atoms with Crippen LogP contribution in [0, 0.1) is 0 Å². The van der Waals surface area contributed by atoms with Crippen molar-refractivity contribution in [2.24, 2.45) is 0 Å². The Bertz CT molecular complexity index is 933. The number of thiophene rings is 1. The van der Waals surface area contributed by atoms with Gasteiger partial charge in [-0.05, 0) is 5.56 Å². The Labute approximate surface area is 139 Å². The van der Waals surface area contributed by atoms with Gasteiger partial charge in [0.05, 0.1) is 12.0 Å². The number of ether oxygens (including phenoxy) is 1. The van der Waals surface area contributed by atoms with Crippen LogP contribution >= 0.6 is 23.1 Å². The topological polar surface area (TPSA) is 72.0 Å². The number of thioether (sulfide) groups is 1. The van der Waals surface area contributed by atoms with Crippen LogP contribution < -0.4 is 5.56 Å². The number of fused-ring (bicyclic) bond motifs is 1. The minimum absolute atomic E-state index is 0.177. The summed E-state index contributed by atoms with van der Waals surface area (Å²) in [6.45, 7) is 0.431. The molecule has 3 heterocycles. The normalized spacial score (nSPS) is 17.6. The van der Waals surface area contributed by atoms with Gasteiger partial charge in [0, 0.05) is 17.4 Å². The van der Waals surface area contributed by atoms with Crippen LogP contribution in [-0.4, -0.2) is 27.8 Å². The molecule has 0 unspecified atom stereocenters. The van der Waals surface area contributed by atoms with Gasteiger partial charge in [-0.15, -0.1) is 11.3 Å². The van der Waals surface area contributed by atoms with Gasteiger partial charge in [0.25, 0.3) is 5.56 Å². The van der Waals surface area contributed by atoms with Crippen LogP contribution in [0.25, 0.3) is 21.3 Å². The average Bonchev–Trinajstić information content (AvgIpc) is 3.15. The number of aromatic nitrogens is 2. The first kappa shape index (κ1) is 14.5. The van der Waals surface area contributed by atoms with E-state index in [0.717, 1.165) is 11.1 Å². The van der Waals surface area contributed by atoms with Crippen molar-refractivity contribution >= 4 is 39.3 Å². The van der Waals surface area contributed by atoms with E-state index in [1.165, 1.54) is 23.1 Å². The number of nitrogens with zero attached hydrogens (tertiary/aromatic N) is 1. The van der Waals surface area contributed by atoms with E-state index in [0.29, 0.717) is 28.4 Å². The van der Waals surface area contributed by atoms with E-state index < -0.39 is 0 Å². The van der Waals surface area contributed by atoms with Crippen molar-refractivity contribution in [2.45, 2.75) is 16.8 Å². The Hall–Kier alpha value is -2.12. The average molecular weight is 344 g/mol. The Kier molecular flexibility index (Phi) is 3.66. The number of hydrogen-bond donors (Lipinski definition) is 1. The summed E-state index contributed by atoms with van der Waals surface area (Å²) in [6, 6.07) is 9.76. The van der Waals surface area contributed by atoms with Crippen LogP contribution in [-0.2, 0) is 9.53 Å². The molecule has 116 valence electrons. The monoisotopic (exact) mass is 344 g/mol. The maximum atomic E-state index is 12.5. The number of nitrogens with one attached hydrogen (secondary N) is 1. The zero-order chi connectivity index (χ0) is 15.8. The Morgan fingerprint density at radius 1 is 1.26 bits per heavy atom. The first-order valence-electron chi connectivity index (χ1n) is 7.12. The molecule has 0 aliphatic carbocycles. The molecule has 7 heteroatoms. The minimum Gasteiger partial charge on any atom is -0.465 e. The van der Waals surface area contributed by atoms with Gasteiger partial charge >= 0.3 is 5.97 Å². The van der Waals surface area contributed by atoms with Crippen molar-refractivity contribution < 1.29 is 9.53 Å². The van der Waals surface area contributed by atoms with Crippen molar-refractivity contribution in [1.82, 2.24) is 9.97 Å². The lowest BCUT2D eigenvalue weighted by atomic mass is 10.1. The summed E-state index contributed by atoms with van der Waals surface area (Å²) < 4.78 is 4.94. The van der Waals surface area contributed by atoms with Crippen LogP contribution in [0.3, 0.4) is 0 Å². The summed E-state index contributed by atoms with van der Waals surface area (Å²) in [5.41, 5.74) is 1.70. The smallest absolute Gasteiger partial charge is 0.319 e. The largest absolute Gasteiger partial charge is 0.465 e. The Morgan fingerprint density at radius 3 is 2.83 bits per heavy atom. The van der Waals surface area contributed by atoms with E-state index >= 15 is 0 Å². The van der Waals surface area contributed by atoms with Crippen LogP contribution in [0.1, 0.15) is 6.42 Å². The zero-order valence-corrected chi connectivity index (χ0v) is 13.6. The number of rotatable bonds is 3. The molecule has 1 N–H and O–H groups in total. The Morgan fingerprint density at radius 2 is 2.09 bits per heavy atom. The van der Waals surface area contributed by atoms with Crippen molar-refractivity contribution in [2.75, 3.05) is 6.61 Å². The SMILES string of the molecule is O=C1OCC[C@H]1Sc1nc2scc(-c3ccccc3)c2c(=O)[nH]1. The third kappa shape index (κ3) is 2.66. The fraction of sp³-hybridized carbons (Fsp3) is 0.188. The van der Waals surface area contributed by atoms with Crippen LogP contribution in [0.5, 0.6) is 0 Å². The van der Waals surface area contributed by atoms with E-state index in [4.69, 9.17) is 4.74 Å². The van der Waals surface area contributed by atoms with Gasteiger partial charge < -0.3 is 9.72 Å². The second-order valence-electron chi connectivity index (χ2n) is 5.13. The standard InChI is InChI=1S/C16H12N2O3S2/c19-13-12-10(9-4-2-1-3-5-9)8-22-14(12)18-16(17-13)23-11-6-7-21-15(11)20/h1-5,8,11H,6-7H2,(H,17,18,19)/t11-/m1/s1. The van der Waals surface area contributed by atoms with Crippen LogP contribution in [0.4, 0.5) is 0 Å². The zero-order valence-electron chi connectivity index (χ0n) is 11.9. The van der Waals surface area contributed by atoms with Gasteiger partial charge in [-0.2, -0.15) is 0 Å². The number of aromatic amines is 1. The number of benzene rings is 1. The number of H-pyrrole nitrogens is 1. The highest BCUT2D eigenvalue weighted by atomic mass is 32.2. The number of carbonyl (C=O) groups is 1. The number of carbonyl (C=O) groups excluding carboxylic acids is 1. The van der Waals surface area contributed by atoms with E-state index in [2.05, 4.69) is 9.97 Å². The summed E-state index contributed by atoms with van der Waals surface area (Å²) in [7, 11) is 0. The molecule has 0 spiro atoms. The lowest BCUT2D eigenvalue weighted by molar-refractivity contribution is -0.137. The summed E-state index contributed by atoms with van der Waals surface area (Å²) in [5, 5.41) is 2.72. The van der Waals surface area contributed by atoms with Crippen LogP contribution in [0.15, 0.2) is 45.7 Å². The fourth-order valence-electron chi connectivity index (χ4n) is 2.53. The first-order chi connectivity index (χ1) is 11.2. The second-order valence-corrected chi connectivity index (χ2v) is 7.18. The van der Waals surface area contributed by atoms with E-state index in [9.17, 15) is 9.59 Å². The van der Waals surface area contributed by atoms with Crippen molar-refractivity contribution in [3.8, 4) is 11.1 Å². The number of cyclic esters (lactones) is 1. The summed E-state index contributed by atoms with van der Waals surface area (Å²) >= 11 is 2.69. The lowest BCUT2D eigenvalue weighted by Crippen LogP contribution is -2.13. The van der Waals surface area contributed by atoms with E-state index in [-0.39, 0.29) is 16.8 Å². The van der Waals surface area contributed by atoms with Crippen molar-refractivity contribution in [1.29, 1.82) is 0 Å².